The number of nitrogens with one attached hydrogen (secondary N) is 1. The smallest absolute Gasteiger partial charge is 0.139 e. The standard InChI is InChI=1S/C12H17Cl2NO2/c1-9(8-16-2)15-5-6-17-12-7-10(13)3-4-11(12)14/h3-4,7,9,15H,5-6,8H2,1-2H3. The quantitative estimate of drug-likeness (QED) is 0.778. The van der Waals surface area contributed by atoms with E-state index in [9.17, 15) is 0 Å². The van der Waals surface area contributed by atoms with Crippen molar-refractivity contribution < 1.29 is 9.47 Å². The molecule has 5 heteroatoms. The van der Waals surface area contributed by atoms with E-state index in [1.165, 1.54) is 0 Å². The van der Waals surface area contributed by atoms with E-state index in [2.05, 4.69) is 12.2 Å². The van der Waals surface area contributed by atoms with Crippen LogP contribution >= 0.6 is 23.2 Å². The topological polar surface area (TPSA) is 30.5 Å². The molecule has 0 bridgehead atoms. The Balaban J connectivity index is 2.28. The minimum absolute atomic E-state index is 0.304. The normalized spacial score (nSPS) is 12.5. The molecule has 0 fully saturated rings. The molecule has 96 valence electrons. The maximum absolute atomic E-state index is 5.96. The second-order valence-electron chi connectivity index (χ2n) is 3.73. The van der Waals surface area contributed by atoms with Crippen LogP contribution in [0.1, 0.15) is 6.92 Å². The van der Waals surface area contributed by atoms with Crippen molar-refractivity contribution in [2.24, 2.45) is 0 Å². The molecule has 0 saturated heterocycles. The number of benzene rings is 1. The SMILES string of the molecule is COCC(C)NCCOc1cc(Cl)ccc1Cl. The van der Waals surface area contributed by atoms with Crippen LogP contribution in [0.4, 0.5) is 0 Å². The van der Waals surface area contributed by atoms with Crippen molar-refractivity contribution in [3.63, 3.8) is 0 Å². The molecule has 0 spiro atoms. The molecular weight excluding hydrogens is 261 g/mol. The van der Waals surface area contributed by atoms with Crippen molar-refractivity contribution in [3.05, 3.63) is 28.2 Å². The summed E-state index contributed by atoms with van der Waals surface area (Å²) in [5.74, 6) is 0.611. The van der Waals surface area contributed by atoms with Gasteiger partial charge in [-0.25, -0.2) is 0 Å². The van der Waals surface area contributed by atoms with Gasteiger partial charge in [0.25, 0.3) is 0 Å². The number of hydrogen-bond acceptors (Lipinski definition) is 3. The summed E-state index contributed by atoms with van der Waals surface area (Å²) >= 11 is 11.8. The zero-order chi connectivity index (χ0) is 12.7. The second kappa shape index (κ2) is 7.77. The summed E-state index contributed by atoms with van der Waals surface area (Å²) in [6, 6.07) is 5.47. The van der Waals surface area contributed by atoms with Gasteiger partial charge in [0.1, 0.15) is 12.4 Å². The Morgan fingerprint density at radius 3 is 2.82 bits per heavy atom. The largest absolute Gasteiger partial charge is 0.491 e. The zero-order valence-corrected chi connectivity index (χ0v) is 11.5. The third-order valence-electron chi connectivity index (χ3n) is 2.16. The van der Waals surface area contributed by atoms with Crippen LogP contribution in [-0.2, 0) is 4.74 Å². The Bertz CT molecular complexity index is 347. The number of rotatable bonds is 7. The maximum Gasteiger partial charge on any atom is 0.139 e. The summed E-state index contributed by atoms with van der Waals surface area (Å²) in [6.45, 7) is 4.00. The van der Waals surface area contributed by atoms with Gasteiger partial charge in [-0.1, -0.05) is 23.2 Å². The van der Waals surface area contributed by atoms with E-state index in [0.29, 0.717) is 35.1 Å². The molecule has 0 amide bonds. The monoisotopic (exact) mass is 277 g/mol. The highest BCUT2D eigenvalue weighted by atomic mass is 35.5. The summed E-state index contributed by atoms with van der Waals surface area (Å²) in [6.07, 6.45) is 0. The number of ether oxygens (including phenoxy) is 2. The molecule has 17 heavy (non-hydrogen) atoms. The third-order valence-corrected chi connectivity index (χ3v) is 2.71. The van der Waals surface area contributed by atoms with E-state index < -0.39 is 0 Å². The first-order valence-electron chi connectivity index (χ1n) is 5.43. The molecule has 0 aliphatic heterocycles. The molecule has 0 aliphatic carbocycles. The first-order chi connectivity index (χ1) is 8.13. The van der Waals surface area contributed by atoms with Crippen LogP contribution in [0.25, 0.3) is 0 Å². The van der Waals surface area contributed by atoms with Gasteiger partial charge in [0, 0.05) is 30.8 Å². The maximum atomic E-state index is 5.96. The molecular formula is C12H17Cl2NO2. The van der Waals surface area contributed by atoms with E-state index in [0.717, 1.165) is 6.54 Å². The highest BCUT2D eigenvalue weighted by Gasteiger charge is 2.03. The van der Waals surface area contributed by atoms with Gasteiger partial charge >= 0.3 is 0 Å². The van der Waals surface area contributed by atoms with E-state index in [1.807, 2.05) is 0 Å². The van der Waals surface area contributed by atoms with E-state index >= 15 is 0 Å². The Morgan fingerprint density at radius 2 is 2.12 bits per heavy atom. The Labute approximate surface area is 112 Å². The third kappa shape index (κ3) is 5.59. The van der Waals surface area contributed by atoms with Crippen molar-refractivity contribution >= 4 is 23.2 Å². The average Bonchev–Trinajstić information content (AvgIpc) is 2.29. The van der Waals surface area contributed by atoms with Crippen LogP contribution < -0.4 is 10.1 Å². The molecule has 1 aromatic rings. The van der Waals surface area contributed by atoms with Crippen LogP contribution in [0.5, 0.6) is 5.75 Å². The van der Waals surface area contributed by atoms with E-state index in [4.69, 9.17) is 32.7 Å². The van der Waals surface area contributed by atoms with E-state index in [-0.39, 0.29) is 0 Å². The predicted molar refractivity (Wildman–Crippen MR) is 71.3 cm³/mol. The summed E-state index contributed by atoms with van der Waals surface area (Å²) in [5.41, 5.74) is 0. The van der Waals surface area contributed by atoms with Gasteiger partial charge in [-0.15, -0.1) is 0 Å². The average molecular weight is 278 g/mol. The van der Waals surface area contributed by atoms with Gasteiger partial charge in [-0.3, -0.25) is 0 Å². The first kappa shape index (κ1) is 14.6. The van der Waals surface area contributed by atoms with Gasteiger partial charge in [0.15, 0.2) is 0 Å². The number of halogens is 2. The molecule has 0 aliphatic rings. The van der Waals surface area contributed by atoms with Crippen LogP contribution in [-0.4, -0.2) is 32.9 Å². The van der Waals surface area contributed by atoms with Crippen molar-refractivity contribution in [1.29, 1.82) is 0 Å². The van der Waals surface area contributed by atoms with Crippen LogP contribution in [0, 0.1) is 0 Å². The second-order valence-corrected chi connectivity index (χ2v) is 4.58. The number of hydrogen-bond donors (Lipinski definition) is 1. The van der Waals surface area contributed by atoms with Crippen molar-refractivity contribution in [2.75, 3.05) is 26.9 Å². The van der Waals surface area contributed by atoms with Gasteiger partial charge in [0.05, 0.1) is 11.6 Å². The Kier molecular flexibility index (Phi) is 6.66. The number of methoxy groups -OCH3 is 1. The fourth-order valence-corrected chi connectivity index (χ4v) is 1.70. The van der Waals surface area contributed by atoms with Gasteiger partial charge in [0.2, 0.25) is 0 Å². The lowest BCUT2D eigenvalue weighted by molar-refractivity contribution is 0.169. The fraction of sp³-hybridized carbons (Fsp3) is 0.500. The summed E-state index contributed by atoms with van der Waals surface area (Å²) in [7, 11) is 1.68. The molecule has 1 N–H and O–H groups in total. The van der Waals surface area contributed by atoms with Crippen molar-refractivity contribution in [1.82, 2.24) is 5.32 Å². The molecule has 1 aromatic carbocycles. The lowest BCUT2D eigenvalue weighted by Crippen LogP contribution is -2.33. The summed E-state index contributed by atoms with van der Waals surface area (Å²) in [5, 5.41) is 4.45. The molecule has 0 aromatic heterocycles. The molecule has 3 nitrogen and oxygen atoms in total. The van der Waals surface area contributed by atoms with Crippen LogP contribution in [0.3, 0.4) is 0 Å². The Hall–Kier alpha value is -0.480. The minimum atomic E-state index is 0.304. The predicted octanol–water partition coefficient (Wildman–Crippen LogP) is 3.00. The highest BCUT2D eigenvalue weighted by Crippen LogP contribution is 2.27. The van der Waals surface area contributed by atoms with Crippen molar-refractivity contribution in [3.8, 4) is 5.75 Å². The van der Waals surface area contributed by atoms with Gasteiger partial charge in [-0.2, -0.15) is 0 Å². The lowest BCUT2D eigenvalue weighted by Gasteiger charge is -2.13. The highest BCUT2D eigenvalue weighted by molar-refractivity contribution is 6.34. The molecule has 0 saturated carbocycles. The lowest BCUT2D eigenvalue weighted by atomic mass is 10.3. The first-order valence-corrected chi connectivity index (χ1v) is 6.19. The molecule has 1 rings (SSSR count). The molecule has 1 unspecified atom stereocenters. The van der Waals surface area contributed by atoms with Crippen LogP contribution in [0.15, 0.2) is 18.2 Å². The summed E-state index contributed by atoms with van der Waals surface area (Å²) in [4.78, 5) is 0. The van der Waals surface area contributed by atoms with E-state index in [1.54, 1.807) is 25.3 Å². The van der Waals surface area contributed by atoms with Crippen molar-refractivity contribution in [2.45, 2.75) is 13.0 Å². The fourth-order valence-electron chi connectivity index (χ4n) is 1.36. The molecule has 0 heterocycles. The minimum Gasteiger partial charge on any atom is -0.491 e. The molecule has 0 radical (unpaired) electrons. The zero-order valence-electron chi connectivity index (χ0n) is 10.0. The summed E-state index contributed by atoms with van der Waals surface area (Å²) < 4.78 is 10.5. The van der Waals surface area contributed by atoms with Gasteiger partial charge < -0.3 is 14.8 Å². The Morgan fingerprint density at radius 1 is 1.35 bits per heavy atom. The van der Waals surface area contributed by atoms with Gasteiger partial charge in [-0.05, 0) is 19.1 Å². The van der Waals surface area contributed by atoms with Crippen LogP contribution in [0.2, 0.25) is 10.0 Å². The molecule has 1 atom stereocenters.